The van der Waals surface area contributed by atoms with Crippen molar-refractivity contribution in [2.75, 3.05) is 26.7 Å². The van der Waals surface area contributed by atoms with Crippen molar-refractivity contribution in [2.45, 2.75) is 101 Å². The lowest BCUT2D eigenvalue weighted by atomic mass is 9.92. The Kier molecular flexibility index (Phi) is 11.2. The molecule has 306 valence electrons. The fourth-order valence-electron chi connectivity index (χ4n) is 8.59. The SMILES string of the molecule is COc1ccc(-c2cccc(C(=O)N3C[C@H]4CN5C(=O)[C@H](CC(=O)OC(C)(C)C)CCCCC/C=C\[C@@H]6C[C@@]6(C(=O)NS(=O)(=O)C6CC6)NC(=O)[C@@H]5[C@H]4C3)n2)cc1. The summed E-state index contributed by atoms with van der Waals surface area (Å²) in [5.74, 6) is -3.81. The first kappa shape index (κ1) is 40.4. The lowest BCUT2D eigenvalue weighted by molar-refractivity contribution is -0.159. The van der Waals surface area contributed by atoms with Crippen LogP contribution in [0.25, 0.3) is 11.3 Å². The first-order valence-electron chi connectivity index (χ1n) is 20.1. The summed E-state index contributed by atoms with van der Waals surface area (Å²) in [6, 6.07) is 11.5. The van der Waals surface area contributed by atoms with Crippen LogP contribution in [0.1, 0.15) is 89.0 Å². The third-order valence-electron chi connectivity index (χ3n) is 11.8. The molecule has 2 saturated carbocycles. The molecule has 2 N–H and O–H groups in total. The third kappa shape index (κ3) is 8.87. The van der Waals surface area contributed by atoms with E-state index in [2.05, 4.69) is 15.0 Å². The summed E-state index contributed by atoms with van der Waals surface area (Å²) < 4.78 is 39.0. The van der Waals surface area contributed by atoms with Gasteiger partial charge in [0.05, 0.1) is 24.5 Å². The molecule has 0 spiro atoms. The molecule has 2 aromatic rings. The minimum Gasteiger partial charge on any atom is -0.497 e. The summed E-state index contributed by atoms with van der Waals surface area (Å²) in [6.45, 7) is 5.87. The zero-order valence-electron chi connectivity index (χ0n) is 33.1. The Morgan fingerprint density at radius 1 is 0.982 bits per heavy atom. The van der Waals surface area contributed by atoms with Gasteiger partial charge in [0.1, 0.15) is 28.6 Å². The van der Waals surface area contributed by atoms with E-state index < -0.39 is 68.0 Å². The van der Waals surface area contributed by atoms with Gasteiger partial charge in [-0.2, -0.15) is 0 Å². The number of hydrogen-bond donors (Lipinski definition) is 2. The molecule has 1 aromatic heterocycles. The molecule has 2 aliphatic carbocycles. The molecule has 7 rings (SSSR count). The van der Waals surface area contributed by atoms with Gasteiger partial charge in [-0.1, -0.05) is 31.1 Å². The van der Waals surface area contributed by atoms with Crippen molar-refractivity contribution in [1.29, 1.82) is 0 Å². The highest BCUT2D eigenvalue weighted by atomic mass is 32.2. The van der Waals surface area contributed by atoms with E-state index in [-0.39, 0.29) is 55.9 Å². The number of sulfonamides is 1. The molecule has 0 radical (unpaired) electrons. The zero-order chi connectivity index (χ0) is 40.7. The van der Waals surface area contributed by atoms with Crippen molar-refractivity contribution in [1.82, 2.24) is 24.8 Å². The summed E-state index contributed by atoms with van der Waals surface area (Å²) in [7, 11) is -2.32. The van der Waals surface area contributed by atoms with E-state index in [4.69, 9.17) is 9.47 Å². The summed E-state index contributed by atoms with van der Waals surface area (Å²) in [4.78, 5) is 78.3. The van der Waals surface area contributed by atoms with Gasteiger partial charge >= 0.3 is 5.97 Å². The maximum atomic E-state index is 14.7. The maximum Gasteiger partial charge on any atom is 0.307 e. The number of esters is 1. The van der Waals surface area contributed by atoms with Crippen LogP contribution >= 0.6 is 0 Å². The van der Waals surface area contributed by atoms with Crippen LogP contribution in [0.2, 0.25) is 0 Å². The van der Waals surface area contributed by atoms with Crippen molar-refractivity contribution in [3.05, 3.63) is 60.3 Å². The summed E-state index contributed by atoms with van der Waals surface area (Å²) in [6.07, 6.45) is 8.25. The Bertz CT molecular complexity index is 2040. The second kappa shape index (κ2) is 15.9. The van der Waals surface area contributed by atoms with E-state index >= 15 is 0 Å². The number of carbonyl (C=O) groups is 5. The van der Waals surface area contributed by atoms with Gasteiger partial charge in [0.2, 0.25) is 21.8 Å². The first-order chi connectivity index (χ1) is 27.1. The molecule has 57 heavy (non-hydrogen) atoms. The van der Waals surface area contributed by atoms with Gasteiger partial charge in [0.25, 0.3) is 11.8 Å². The quantitative estimate of drug-likeness (QED) is 0.293. The third-order valence-corrected chi connectivity index (χ3v) is 13.6. The van der Waals surface area contributed by atoms with E-state index in [0.717, 1.165) is 18.4 Å². The van der Waals surface area contributed by atoms with E-state index in [1.807, 2.05) is 42.5 Å². The molecule has 4 heterocycles. The largest absolute Gasteiger partial charge is 0.497 e. The number of benzene rings is 1. The van der Waals surface area contributed by atoms with Crippen LogP contribution in [-0.2, 0) is 33.9 Å². The normalized spacial score (nSPS) is 28.5. The topological polar surface area (TPSA) is 181 Å². The van der Waals surface area contributed by atoms with Gasteiger partial charge in [-0.15, -0.1) is 0 Å². The van der Waals surface area contributed by atoms with Gasteiger partial charge in [-0.3, -0.25) is 28.7 Å². The van der Waals surface area contributed by atoms with Gasteiger partial charge in [-0.25, -0.2) is 13.4 Å². The number of aromatic nitrogens is 1. The van der Waals surface area contributed by atoms with Crippen molar-refractivity contribution in [3.63, 3.8) is 0 Å². The van der Waals surface area contributed by atoms with Crippen LogP contribution in [0.15, 0.2) is 54.6 Å². The number of amides is 4. The lowest BCUT2D eigenvalue weighted by Gasteiger charge is -2.33. The smallest absolute Gasteiger partial charge is 0.307 e. The van der Waals surface area contributed by atoms with E-state index in [1.54, 1.807) is 44.9 Å². The standard InChI is InChI=1S/C42H53N5O9S/c1-41(2,3)56-35(48)21-27-11-8-6-5-7-9-12-29-22-42(29,40(52)45-57(53,54)31-19-20-31)44-37(49)36-32-25-46(23-28(32)24-47(36)38(27)50)39(51)34-14-10-13-33(43-34)26-15-17-30(55-4)18-16-26/h9-10,12-18,27-29,31-32,36H,5-8,11,19-25H2,1-4H3,(H,44,49)(H,45,52)/b12-9-/t27-,28-,29+,32-,36-,42+/m0/s1. The summed E-state index contributed by atoms with van der Waals surface area (Å²) in [5, 5.41) is 2.31. The Hall–Kier alpha value is -4.79. The van der Waals surface area contributed by atoms with E-state index in [9.17, 15) is 32.4 Å². The van der Waals surface area contributed by atoms with E-state index in [0.29, 0.717) is 43.5 Å². The second-order valence-electron chi connectivity index (χ2n) is 17.2. The van der Waals surface area contributed by atoms with Crippen LogP contribution in [0.4, 0.5) is 0 Å². The molecule has 5 aliphatic rings. The van der Waals surface area contributed by atoms with Gasteiger partial charge in [0, 0.05) is 48.9 Å². The molecule has 6 atom stereocenters. The van der Waals surface area contributed by atoms with Crippen LogP contribution in [-0.4, -0.2) is 102 Å². The second-order valence-corrected chi connectivity index (χ2v) is 19.2. The number of carbonyl (C=O) groups excluding carboxylic acids is 5. The van der Waals surface area contributed by atoms with E-state index in [1.165, 1.54) is 4.90 Å². The van der Waals surface area contributed by atoms with Gasteiger partial charge < -0.3 is 24.6 Å². The molecule has 4 amide bonds. The summed E-state index contributed by atoms with van der Waals surface area (Å²) in [5.41, 5.74) is -0.612. The average Bonchev–Trinajstić information content (AvgIpc) is 4.07. The Morgan fingerprint density at radius 3 is 2.44 bits per heavy atom. The van der Waals surface area contributed by atoms with Crippen molar-refractivity contribution in [2.24, 2.45) is 23.7 Å². The molecule has 14 nitrogen and oxygen atoms in total. The number of allylic oxidation sites excluding steroid dienone is 1. The molecule has 0 unspecified atom stereocenters. The number of methoxy groups -OCH3 is 1. The molecule has 2 saturated heterocycles. The highest BCUT2D eigenvalue weighted by molar-refractivity contribution is 7.91. The molecule has 3 aliphatic heterocycles. The molecular weight excluding hydrogens is 751 g/mol. The van der Waals surface area contributed by atoms with Gasteiger partial charge in [-0.05, 0) is 95.7 Å². The van der Waals surface area contributed by atoms with Crippen molar-refractivity contribution < 1.29 is 41.9 Å². The van der Waals surface area contributed by atoms with Crippen molar-refractivity contribution >= 4 is 39.6 Å². The highest BCUT2D eigenvalue weighted by Gasteiger charge is 2.63. The highest BCUT2D eigenvalue weighted by Crippen LogP contribution is 2.47. The van der Waals surface area contributed by atoms with Crippen LogP contribution in [0.5, 0.6) is 5.75 Å². The fraction of sp³-hybridized carbons (Fsp3) is 0.571. The number of fused-ring (bicyclic) bond motifs is 4. The van der Waals surface area contributed by atoms with Crippen LogP contribution < -0.4 is 14.8 Å². The Balaban J connectivity index is 1.17. The Labute approximate surface area is 334 Å². The predicted octanol–water partition coefficient (Wildman–Crippen LogP) is 4.01. The predicted molar refractivity (Wildman–Crippen MR) is 210 cm³/mol. The monoisotopic (exact) mass is 803 g/mol. The average molecular weight is 804 g/mol. The number of ether oxygens (including phenoxy) is 2. The Morgan fingerprint density at radius 2 is 1.74 bits per heavy atom. The molecule has 15 heteroatoms. The number of hydrogen-bond acceptors (Lipinski definition) is 10. The van der Waals surface area contributed by atoms with Crippen molar-refractivity contribution in [3.8, 4) is 17.0 Å². The molecule has 4 fully saturated rings. The molecule has 0 bridgehead atoms. The zero-order valence-corrected chi connectivity index (χ0v) is 33.9. The number of pyridine rings is 1. The number of nitrogens with one attached hydrogen (secondary N) is 2. The van der Waals surface area contributed by atoms with Crippen LogP contribution in [0.3, 0.4) is 0 Å². The number of nitrogens with zero attached hydrogens (tertiary/aromatic N) is 3. The maximum absolute atomic E-state index is 14.7. The van der Waals surface area contributed by atoms with Crippen LogP contribution in [0, 0.1) is 23.7 Å². The minimum absolute atomic E-state index is 0.148. The lowest BCUT2D eigenvalue weighted by Crippen LogP contribution is -2.58. The van der Waals surface area contributed by atoms with Gasteiger partial charge in [0.15, 0.2) is 0 Å². The first-order valence-corrected chi connectivity index (χ1v) is 21.6. The fourth-order valence-corrected chi connectivity index (χ4v) is 9.96. The summed E-state index contributed by atoms with van der Waals surface area (Å²) >= 11 is 0. The minimum atomic E-state index is -3.91. The number of likely N-dealkylation sites (tertiary alicyclic amines) is 1. The number of rotatable bonds is 8. The molecular formula is C42H53N5O9S. The molecule has 1 aromatic carbocycles.